The van der Waals surface area contributed by atoms with E-state index in [0.29, 0.717) is 12.8 Å². The molecule has 0 aliphatic rings. The van der Waals surface area contributed by atoms with Crippen molar-refractivity contribution in [2.75, 3.05) is 0 Å². The van der Waals surface area contributed by atoms with E-state index >= 15 is 0 Å². The molecule has 0 atom stereocenters. The van der Waals surface area contributed by atoms with Crippen molar-refractivity contribution >= 4 is 11.8 Å². The summed E-state index contributed by atoms with van der Waals surface area (Å²) in [7, 11) is 0. The third-order valence-corrected chi connectivity index (χ3v) is 3.09. The first-order chi connectivity index (χ1) is 12.2. The lowest BCUT2D eigenvalue weighted by Gasteiger charge is -1.88. The predicted octanol–water partition coefficient (Wildman–Crippen LogP) is 5.73. The Hall–Kier alpha value is -2.42. The molecular weight excluding hydrogens is 312 g/mol. The van der Waals surface area contributed by atoms with Crippen LogP contribution < -0.4 is 0 Å². The van der Waals surface area contributed by atoms with Crippen LogP contribution in [0.4, 0.5) is 0 Å². The monoisotopic (exact) mass is 342 g/mol. The molecule has 0 amide bonds. The number of rotatable bonds is 14. The fourth-order valence-electron chi connectivity index (χ4n) is 1.80. The van der Waals surface area contributed by atoms with Gasteiger partial charge in [-0.2, -0.15) is 0 Å². The average molecular weight is 342 g/mol. The van der Waals surface area contributed by atoms with Gasteiger partial charge in [0.25, 0.3) is 0 Å². The van der Waals surface area contributed by atoms with Crippen molar-refractivity contribution in [1.82, 2.24) is 0 Å². The summed E-state index contributed by atoms with van der Waals surface area (Å²) in [4.78, 5) is 21.8. The molecule has 0 aliphatic heterocycles. The Morgan fingerprint density at radius 2 is 1.36 bits per heavy atom. The molecule has 25 heavy (non-hydrogen) atoms. The maximum Gasteiger partial charge on any atom is 0.303 e. The largest absolute Gasteiger partial charge is 0.481 e. The zero-order valence-corrected chi connectivity index (χ0v) is 15.1. The molecule has 3 nitrogen and oxygen atoms in total. The van der Waals surface area contributed by atoms with Gasteiger partial charge in [-0.05, 0) is 38.2 Å². The fourth-order valence-corrected chi connectivity index (χ4v) is 1.80. The fraction of sp³-hybridized carbons (Fsp3) is 0.364. The number of allylic oxidation sites excluding steroid dienone is 12. The lowest BCUT2D eigenvalue weighted by Crippen LogP contribution is -1.92. The van der Waals surface area contributed by atoms with E-state index in [4.69, 9.17) is 5.11 Å². The minimum atomic E-state index is -0.824. The van der Waals surface area contributed by atoms with Crippen LogP contribution in [0.1, 0.15) is 51.9 Å². The number of hydrogen-bond acceptors (Lipinski definition) is 2. The van der Waals surface area contributed by atoms with Gasteiger partial charge in [0.15, 0.2) is 5.78 Å². The highest BCUT2D eigenvalue weighted by molar-refractivity contribution is 5.90. The Kier molecular flexibility index (Phi) is 16.2. The van der Waals surface area contributed by atoms with Gasteiger partial charge in [0.05, 0.1) is 0 Å². The van der Waals surface area contributed by atoms with Crippen molar-refractivity contribution < 1.29 is 14.7 Å². The normalized spacial score (nSPS) is 12.8. The number of carboxylic acids is 1. The maximum atomic E-state index is 11.5. The van der Waals surface area contributed by atoms with E-state index in [1.54, 1.807) is 18.2 Å². The SMILES string of the molecule is CC/C=C\C/C=C\C/C=C\C/C=C\C=C\C(=O)C/C=C\CCC(=O)O. The Morgan fingerprint density at radius 3 is 1.96 bits per heavy atom. The van der Waals surface area contributed by atoms with E-state index in [0.717, 1.165) is 25.7 Å². The van der Waals surface area contributed by atoms with Crippen LogP contribution in [0.15, 0.2) is 72.9 Å². The Balaban J connectivity index is 3.73. The summed E-state index contributed by atoms with van der Waals surface area (Å²) in [5.41, 5.74) is 0. The van der Waals surface area contributed by atoms with Crippen LogP contribution in [0.5, 0.6) is 0 Å². The minimum absolute atomic E-state index is 0.00836. The summed E-state index contributed by atoms with van der Waals surface area (Å²) in [6, 6.07) is 0. The van der Waals surface area contributed by atoms with Crippen LogP contribution in [0.25, 0.3) is 0 Å². The molecule has 0 aromatic rings. The van der Waals surface area contributed by atoms with Crippen molar-refractivity contribution in [3.8, 4) is 0 Å². The molecule has 136 valence electrons. The van der Waals surface area contributed by atoms with Crippen LogP contribution >= 0.6 is 0 Å². The van der Waals surface area contributed by atoms with Gasteiger partial charge in [-0.1, -0.05) is 73.8 Å². The third kappa shape index (κ3) is 19.5. The van der Waals surface area contributed by atoms with Crippen molar-refractivity contribution in [2.45, 2.75) is 51.9 Å². The molecule has 0 spiro atoms. The van der Waals surface area contributed by atoms with Crippen molar-refractivity contribution in [3.63, 3.8) is 0 Å². The molecule has 0 aromatic carbocycles. The van der Waals surface area contributed by atoms with Crippen LogP contribution in [-0.4, -0.2) is 16.9 Å². The Morgan fingerprint density at radius 1 is 0.760 bits per heavy atom. The van der Waals surface area contributed by atoms with E-state index in [2.05, 4.69) is 43.4 Å². The first kappa shape index (κ1) is 22.6. The molecular formula is C22H30O3. The molecule has 0 saturated carbocycles. The minimum Gasteiger partial charge on any atom is -0.481 e. The quantitative estimate of drug-likeness (QED) is 0.249. The summed E-state index contributed by atoms with van der Waals surface area (Å²) in [6.07, 6.45) is 28.2. The van der Waals surface area contributed by atoms with Gasteiger partial charge in [0.1, 0.15) is 0 Å². The smallest absolute Gasteiger partial charge is 0.303 e. The molecule has 1 N–H and O–H groups in total. The third-order valence-electron chi connectivity index (χ3n) is 3.09. The Bertz CT molecular complexity index is 531. The van der Waals surface area contributed by atoms with E-state index < -0.39 is 5.97 Å². The van der Waals surface area contributed by atoms with Crippen molar-refractivity contribution in [2.24, 2.45) is 0 Å². The summed E-state index contributed by atoms with van der Waals surface area (Å²) in [5, 5.41) is 8.48. The summed E-state index contributed by atoms with van der Waals surface area (Å²) < 4.78 is 0. The zero-order chi connectivity index (χ0) is 18.6. The molecule has 0 radical (unpaired) electrons. The van der Waals surface area contributed by atoms with Gasteiger partial charge in [0.2, 0.25) is 0 Å². The van der Waals surface area contributed by atoms with E-state index in [1.807, 2.05) is 12.2 Å². The number of carboxylic acid groups (broad SMARTS) is 1. The molecule has 0 fully saturated rings. The van der Waals surface area contributed by atoms with E-state index in [-0.39, 0.29) is 12.2 Å². The van der Waals surface area contributed by atoms with Gasteiger partial charge in [-0.25, -0.2) is 0 Å². The summed E-state index contributed by atoms with van der Waals surface area (Å²) >= 11 is 0. The Labute approximate surface area is 151 Å². The van der Waals surface area contributed by atoms with Crippen LogP contribution in [0.2, 0.25) is 0 Å². The summed E-state index contributed by atoms with van der Waals surface area (Å²) in [5.74, 6) is -0.816. The second-order valence-corrected chi connectivity index (χ2v) is 5.39. The van der Waals surface area contributed by atoms with Crippen molar-refractivity contribution in [3.05, 3.63) is 72.9 Å². The zero-order valence-electron chi connectivity index (χ0n) is 15.1. The molecule has 0 rings (SSSR count). The maximum absolute atomic E-state index is 11.5. The number of aliphatic carboxylic acids is 1. The number of hydrogen-bond donors (Lipinski definition) is 1. The second-order valence-electron chi connectivity index (χ2n) is 5.39. The van der Waals surface area contributed by atoms with E-state index in [1.165, 1.54) is 6.08 Å². The molecule has 0 saturated heterocycles. The van der Waals surface area contributed by atoms with Gasteiger partial charge in [-0.3, -0.25) is 9.59 Å². The number of ketones is 1. The van der Waals surface area contributed by atoms with Gasteiger partial charge in [0, 0.05) is 12.8 Å². The van der Waals surface area contributed by atoms with Gasteiger partial charge < -0.3 is 5.11 Å². The summed E-state index contributed by atoms with van der Waals surface area (Å²) in [6.45, 7) is 2.13. The topological polar surface area (TPSA) is 54.4 Å². The highest BCUT2D eigenvalue weighted by Crippen LogP contribution is 1.96. The predicted molar refractivity (Wildman–Crippen MR) is 105 cm³/mol. The van der Waals surface area contributed by atoms with E-state index in [9.17, 15) is 9.59 Å². The standard InChI is InChI=1S/C22H30O3/c1-2-3-4-5-6-7-8-9-10-11-12-13-15-18-21(23)19-16-14-17-20-22(24)25/h3-4,6-7,9-10,12-16,18H,2,5,8,11,17,19-20H2,1H3,(H,24,25)/b4-3-,7-6-,10-9-,13-12-,16-14-,18-15+. The molecule has 0 bridgehead atoms. The average Bonchev–Trinajstić information content (AvgIpc) is 2.58. The highest BCUT2D eigenvalue weighted by atomic mass is 16.4. The van der Waals surface area contributed by atoms with Crippen LogP contribution in [-0.2, 0) is 9.59 Å². The molecule has 0 unspecified atom stereocenters. The number of carbonyl (C=O) groups is 2. The lowest BCUT2D eigenvalue weighted by atomic mass is 10.2. The molecule has 3 heteroatoms. The molecule has 0 heterocycles. The van der Waals surface area contributed by atoms with Crippen LogP contribution in [0.3, 0.4) is 0 Å². The lowest BCUT2D eigenvalue weighted by molar-refractivity contribution is -0.136. The first-order valence-corrected chi connectivity index (χ1v) is 8.84. The van der Waals surface area contributed by atoms with Crippen molar-refractivity contribution in [1.29, 1.82) is 0 Å². The first-order valence-electron chi connectivity index (χ1n) is 8.84. The van der Waals surface area contributed by atoms with Crippen LogP contribution in [0, 0.1) is 0 Å². The van der Waals surface area contributed by atoms with Gasteiger partial charge >= 0.3 is 5.97 Å². The molecule has 0 aromatic heterocycles. The highest BCUT2D eigenvalue weighted by Gasteiger charge is 1.93. The second kappa shape index (κ2) is 17.9. The number of carbonyl (C=O) groups excluding carboxylic acids is 1. The van der Waals surface area contributed by atoms with Gasteiger partial charge in [-0.15, -0.1) is 0 Å². The molecule has 0 aliphatic carbocycles.